The van der Waals surface area contributed by atoms with Crippen LogP contribution in [-0.4, -0.2) is 18.7 Å². The fraction of sp³-hybridized carbons (Fsp3) is 0.111. The van der Waals surface area contributed by atoms with Gasteiger partial charge in [-0.15, -0.1) is 0 Å². The monoisotopic (exact) mass is 341 g/mol. The largest absolute Gasteiger partial charge is 0.454 e. The molecule has 0 spiro atoms. The first-order valence-corrected chi connectivity index (χ1v) is 7.67. The summed E-state index contributed by atoms with van der Waals surface area (Å²) in [6, 6.07) is 10.8. The summed E-state index contributed by atoms with van der Waals surface area (Å²) in [5.74, 6) is 1.11. The Morgan fingerprint density at radius 2 is 1.96 bits per heavy atom. The van der Waals surface area contributed by atoms with Crippen LogP contribution in [0.5, 0.6) is 11.5 Å². The zero-order valence-corrected chi connectivity index (χ0v) is 13.5. The van der Waals surface area contributed by atoms with Crippen LogP contribution in [0.15, 0.2) is 47.1 Å². The van der Waals surface area contributed by atoms with E-state index in [4.69, 9.17) is 25.8 Å². The number of cyclic esters (lactones) is 1. The van der Waals surface area contributed by atoms with Crippen molar-refractivity contribution in [3.63, 3.8) is 0 Å². The van der Waals surface area contributed by atoms with Gasteiger partial charge in [-0.25, -0.2) is 9.79 Å². The summed E-state index contributed by atoms with van der Waals surface area (Å²) in [5.41, 5.74) is 2.61. The lowest BCUT2D eigenvalue weighted by molar-refractivity contribution is -0.129. The molecule has 0 N–H and O–H groups in total. The highest BCUT2D eigenvalue weighted by Gasteiger charge is 2.24. The maximum Gasteiger partial charge on any atom is 0.363 e. The minimum Gasteiger partial charge on any atom is -0.454 e. The molecule has 0 aromatic heterocycles. The van der Waals surface area contributed by atoms with Gasteiger partial charge in [0.15, 0.2) is 17.2 Å². The van der Waals surface area contributed by atoms with Crippen molar-refractivity contribution in [2.24, 2.45) is 4.99 Å². The van der Waals surface area contributed by atoms with Gasteiger partial charge in [-0.1, -0.05) is 17.7 Å². The van der Waals surface area contributed by atoms with Gasteiger partial charge in [-0.05, 0) is 54.5 Å². The smallest absolute Gasteiger partial charge is 0.363 e. The number of aliphatic imine (C=N–C) groups is 1. The lowest BCUT2D eigenvalue weighted by atomic mass is 10.1. The average molecular weight is 342 g/mol. The number of halogens is 1. The molecule has 4 rings (SSSR count). The molecular weight excluding hydrogens is 330 g/mol. The maximum atomic E-state index is 12.1. The van der Waals surface area contributed by atoms with Gasteiger partial charge in [-0.3, -0.25) is 0 Å². The Hall–Kier alpha value is -2.79. The predicted octanol–water partition coefficient (Wildman–Crippen LogP) is 3.72. The third kappa shape index (κ3) is 2.63. The number of hydrogen-bond donors (Lipinski definition) is 0. The van der Waals surface area contributed by atoms with Gasteiger partial charge >= 0.3 is 5.97 Å². The molecule has 0 unspecified atom stereocenters. The second kappa shape index (κ2) is 5.69. The van der Waals surface area contributed by atoms with Crippen molar-refractivity contribution >= 4 is 29.5 Å². The van der Waals surface area contributed by atoms with E-state index < -0.39 is 5.97 Å². The number of aryl methyl sites for hydroxylation is 1. The van der Waals surface area contributed by atoms with Crippen LogP contribution in [0.1, 0.15) is 16.7 Å². The van der Waals surface area contributed by atoms with E-state index in [1.807, 2.05) is 19.1 Å². The SMILES string of the molecule is Cc1cc(C2=N/C(=C\c3ccc4c(c3)OCO4)C(=O)O2)ccc1Cl. The highest BCUT2D eigenvalue weighted by Crippen LogP contribution is 2.33. The lowest BCUT2D eigenvalue weighted by Crippen LogP contribution is -2.05. The van der Waals surface area contributed by atoms with Gasteiger partial charge in [0.05, 0.1) is 0 Å². The van der Waals surface area contributed by atoms with Gasteiger partial charge in [-0.2, -0.15) is 0 Å². The van der Waals surface area contributed by atoms with E-state index in [0.29, 0.717) is 22.1 Å². The summed E-state index contributed by atoms with van der Waals surface area (Å²) in [5, 5.41) is 0.653. The third-order valence-corrected chi connectivity index (χ3v) is 4.15. The zero-order chi connectivity index (χ0) is 16.7. The standard InChI is InChI=1S/C18H12ClNO4/c1-10-6-12(3-4-13(10)19)17-20-14(18(21)24-17)7-11-2-5-15-16(8-11)23-9-22-15/h2-8H,9H2,1H3/b14-7-. The molecule has 0 aliphatic carbocycles. The molecule has 0 amide bonds. The Morgan fingerprint density at radius 1 is 1.12 bits per heavy atom. The van der Waals surface area contributed by atoms with E-state index in [9.17, 15) is 4.79 Å². The fourth-order valence-corrected chi connectivity index (χ4v) is 2.59. The zero-order valence-electron chi connectivity index (χ0n) is 12.7. The molecule has 2 aliphatic heterocycles. The molecular formula is C18H12ClNO4. The van der Waals surface area contributed by atoms with E-state index in [2.05, 4.69) is 4.99 Å². The fourth-order valence-electron chi connectivity index (χ4n) is 2.47. The first kappa shape index (κ1) is 14.8. The van der Waals surface area contributed by atoms with Crippen LogP contribution >= 0.6 is 11.6 Å². The van der Waals surface area contributed by atoms with Crippen molar-refractivity contribution in [1.29, 1.82) is 0 Å². The van der Waals surface area contributed by atoms with Crippen LogP contribution in [0, 0.1) is 6.92 Å². The van der Waals surface area contributed by atoms with Crippen LogP contribution in [0.3, 0.4) is 0 Å². The van der Waals surface area contributed by atoms with Crippen LogP contribution in [-0.2, 0) is 9.53 Å². The molecule has 0 bridgehead atoms. The van der Waals surface area contributed by atoms with Gasteiger partial charge in [0.25, 0.3) is 0 Å². The summed E-state index contributed by atoms with van der Waals surface area (Å²) in [6.07, 6.45) is 1.65. The van der Waals surface area contributed by atoms with E-state index in [1.54, 1.807) is 30.3 Å². The molecule has 0 saturated carbocycles. The van der Waals surface area contributed by atoms with Crippen molar-refractivity contribution in [3.05, 3.63) is 63.8 Å². The molecule has 2 aromatic rings. The van der Waals surface area contributed by atoms with Crippen molar-refractivity contribution in [3.8, 4) is 11.5 Å². The van der Waals surface area contributed by atoms with E-state index in [1.165, 1.54) is 0 Å². The molecule has 0 radical (unpaired) electrons. The van der Waals surface area contributed by atoms with Crippen molar-refractivity contribution in [2.75, 3.05) is 6.79 Å². The molecule has 2 heterocycles. The predicted molar refractivity (Wildman–Crippen MR) is 89.4 cm³/mol. The number of ether oxygens (including phenoxy) is 3. The molecule has 5 nitrogen and oxygen atoms in total. The van der Waals surface area contributed by atoms with Crippen LogP contribution < -0.4 is 9.47 Å². The van der Waals surface area contributed by atoms with Crippen LogP contribution in [0.4, 0.5) is 0 Å². The van der Waals surface area contributed by atoms with Gasteiger partial charge in [0, 0.05) is 10.6 Å². The number of hydrogen-bond acceptors (Lipinski definition) is 5. The van der Waals surface area contributed by atoms with Gasteiger partial charge < -0.3 is 14.2 Å². The lowest BCUT2D eigenvalue weighted by Gasteiger charge is -2.02. The Kier molecular flexibility index (Phi) is 3.50. The molecule has 2 aromatic carbocycles. The number of benzene rings is 2. The first-order valence-electron chi connectivity index (χ1n) is 7.29. The summed E-state index contributed by atoms with van der Waals surface area (Å²) >= 11 is 6.02. The number of carbonyl (C=O) groups is 1. The Balaban J connectivity index is 1.67. The van der Waals surface area contributed by atoms with Crippen molar-refractivity contribution < 1.29 is 19.0 Å². The molecule has 0 fully saturated rings. The third-order valence-electron chi connectivity index (χ3n) is 3.73. The second-order valence-electron chi connectivity index (χ2n) is 5.41. The maximum absolute atomic E-state index is 12.1. The molecule has 0 saturated heterocycles. The average Bonchev–Trinajstić information content (AvgIpc) is 3.17. The summed E-state index contributed by atoms with van der Waals surface area (Å²) in [6.45, 7) is 2.09. The van der Waals surface area contributed by atoms with Crippen molar-refractivity contribution in [2.45, 2.75) is 6.92 Å². The number of fused-ring (bicyclic) bond motifs is 1. The van der Waals surface area contributed by atoms with Gasteiger partial charge in [0.2, 0.25) is 12.7 Å². The van der Waals surface area contributed by atoms with Crippen molar-refractivity contribution in [1.82, 2.24) is 0 Å². The second-order valence-corrected chi connectivity index (χ2v) is 5.82. The number of carbonyl (C=O) groups excluding carboxylic acids is 1. The topological polar surface area (TPSA) is 57.1 Å². The first-order chi connectivity index (χ1) is 11.6. The molecule has 0 atom stereocenters. The Labute approximate surface area is 143 Å². The Bertz CT molecular complexity index is 917. The molecule has 2 aliphatic rings. The van der Waals surface area contributed by atoms with Crippen LogP contribution in [0.2, 0.25) is 5.02 Å². The Morgan fingerprint density at radius 3 is 2.79 bits per heavy atom. The molecule has 6 heteroatoms. The quantitative estimate of drug-likeness (QED) is 0.617. The summed E-state index contributed by atoms with van der Waals surface area (Å²) in [7, 11) is 0. The minimum atomic E-state index is -0.490. The van der Waals surface area contributed by atoms with E-state index in [0.717, 1.165) is 11.1 Å². The van der Waals surface area contributed by atoms with Gasteiger partial charge in [0.1, 0.15) is 0 Å². The summed E-state index contributed by atoms with van der Waals surface area (Å²) in [4.78, 5) is 16.4. The highest BCUT2D eigenvalue weighted by molar-refractivity contribution is 6.31. The van der Waals surface area contributed by atoms with E-state index >= 15 is 0 Å². The van der Waals surface area contributed by atoms with Crippen LogP contribution in [0.25, 0.3) is 6.08 Å². The minimum absolute atomic E-state index is 0.204. The molecule has 120 valence electrons. The number of esters is 1. The highest BCUT2D eigenvalue weighted by atomic mass is 35.5. The summed E-state index contributed by atoms with van der Waals surface area (Å²) < 4.78 is 15.9. The normalized spacial score (nSPS) is 17.2. The number of rotatable bonds is 2. The van der Waals surface area contributed by atoms with E-state index in [-0.39, 0.29) is 18.4 Å². The molecule has 24 heavy (non-hydrogen) atoms. The number of nitrogens with zero attached hydrogens (tertiary/aromatic N) is 1.